The summed E-state index contributed by atoms with van der Waals surface area (Å²) in [5, 5.41) is 12.2. The summed E-state index contributed by atoms with van der Waals surface area (Å²) in [7, 11) is 1.42. The molecule has 1 aliphatic rings. The third-order valence-electron chi connectivity index (χ3n) is 6.59. The number of rotatable bonds is 5. The van der Waals surface area contributed by atoms with Crippen LogP contribution in [0.5, 0.6) is 0 Å². The lowest BCUT2D eigenvalue weighted by Gasteiger charge is -2.37. The third-order valence-corrected chi connectivity index (χ3v) is 6.59. The van der Waals surface area contributed by atoms with E-state index >= 15 is 0 Å². The first-order chi connectivity index (χ1) is 18.1. The van der Waals surface area contributed by atoms with Gasteiger partial charge < -0.3 is 15.1 Å². The van der Waals surface area contributed by atoms with E-state index in [1.165, 1.54) is 11.9 Å². The van der Waals surface area contributed by atoms with Gasteiger partial charge in [0.2, 0.25) is 0 Å². The Morgan fingerprint density at radius 1 is 1.00 bits per heavy atom. The van der Waals surface area contributed by atoms with Gasteiger partial charge in [-0.25, -0.2) is 4.39 Å². The molecule has 0 radical (unpaired) electrons. The number of para-hydroxylation sites is 1. The summed E-state index contributed by atoms with van der Waals surface area (Å²) in [6.45, 7) is 0.615. The van der Waals surface area contributed by atoms with Crippen molar-refractivity contribution in [3.8, 4) is 6.07 Å². The molecular formula is C28H24F4N4O2. The van der Waals surface area contributed by atoms with E-state index in [1.54, 1.807) is 53.4 Å². The lowest BCUT2D eigenvalue weighted by atomic mass is 9.99. The van der Waals surface area contributed by atoms with Crippen LogP contribution in [0, 0.1) is 17.1 Å². The van der Waals surface area contributed by atoms with Crippen molar-refractivity contribution >= 4 is 23.2 Å². The predicted molar refractivity (Wildman–Crippen MR) is 133 cm³/mol. The predicted octanol–water partition coefficient (Wildman–Crippen LogP) is 5.84. The molecule has 0 bridgehead atoms. The topological polar surface area (TPSA) is 76.4 Å². The Morgan fingerprint density at radius 3 is 2.29 bits per heavy atom. The molecule has 2 amide bonds. The summed E-state index contributed by atoms with van der Waals surface area (Å²) in [5.74, 6) is -2.14. The van der Waals surface area contributed by atoms with Gasteiger partial charge in [0.15, 0.2) is 0 Å². The molecule has 3 aromatic rings. The maximum Gasteiger partial charge on any atom is 0.417 e. The van der Waals surface area contributed by atoms with Crippen LogP contribution < -0.4 is 5.32 Å². The van der Waals surface area contributed by atoms with E-state index < -0.39 is 29.0 Å². The molecule has 0 unspecified atom stereocenters. The molecule has 1 heterocycles. The number of hydrogen-bond acceptors (Lipinski definition) is 4. The lowest BCUT2D eigenvalue weighted by molar-refractivity contribution is -0.138. The fourth-order valence-corrected chi connectivity index (χ4v) is 4.48. The van der Waals surface area contributed by atoms with Gasteiger partial charge >= 0.3 is 6.18 Å². The minimum Gasteiger partial charge on any atom is -0.355 e. The van der Waals surface area contributed by atoms with Gasteiger partial charge in [0.25, 0.3) is 11.8 Å². The Balaban J connectivity index is 1.43. The van der Waals surface area contributed by atoms with E-state index in [0.717, 1.165) is 12.1 Å². The van der Waals surface area contributed by atoms with Gasteiger partial charge in [0, 0.05) is 31.9 Å². The second-order valence-corrected chi connectivity index (χ2v) is 8.99. The first kappa shape index (κ1) is 26.7. The highest BCUT2D eigenvalue weighted by molar-refractivity contribution is 6.00. The second-order valence-electron chi connectivity index (χ2n) is 8.99. The van der Waals surface area contributed by atoms with Crippen molar-refractivity contribution in [1.82, 2.24) is 9.80 Å². The average Bonchev–Trinajstić information content (AvgIpc) is 2.92. The number of nitrogens with one attached hydrogen (secondary N) is 1. The van der Waals surface area contributed by atoms with Gasteiger partial charge in [-0.1, -0.05) is 12.1 Å². The molecule has 4 rings (SSSR count). The van der Waals surface area contributed by atoms with E-state index in [0.29, 0.717) is 54.5 Å². The van der Waals surface area contributed by atoms with Crippen LogP contribution in [0.15, 0.2) is 66.7 Å². The summed E-state index contributed by atoms with van der Waals surface area (Å²) in [5.41, 5.74) is 0.340. The normalized spacial score (nSPS) is 14.1. The number of amides is 2. The number of carbonyl (C=O) groups excluding carboxylic acids is 2. The SMILES string of the molecule is CN(C(=O)c1ccc(F)cc1C(F)(F)F)C1CCN(C(=O)c2ccccc2Nc2ccc(C#N)cc2)CC1. The van der Waals surface area contributed by atoms with Gasteiger partial charge in [0.05, 0.1) is 34.0 Å². The summed E-state index contributed by atoms with van der Waals surface area (Å²) < 4.78 is 53.7. The van der Waals surface area contributed by atoms with Crippen molar-refractivity contribution in [2.45, 2.75) is 25.1 Å². The van der Waals surface area contributed by atoms with Crippen LogP contribution in [-0.2, 0) is 6.18 Å². The Labute approximate surface area is 217 Å². The molecule has 1 aliphatic heterocycles. The van der Waals surface area contributed by atoms with Crippen LogP contribution >= 0.6 is 0 Å². The molecular weight excluding hydrogens is 500 g/mol. The van der Waals surface area contributed by atoms with Gasteiger partial charge in [-0.15, -0.1) is 0 Å². The molecule has 0 aliphatic carbocycles. The van der Waals surface area contributed by atoms with Crippen LogP contribution in [0.25, 0.3) is 0 Å². The number of carbonyl (C=O) groups is 2. The molecule has 0 atom stereocenters. The quantitative estimate of drug-likeness (QED) is 0.426. The summed E-state index contributed by atoms with van der Waals surface area (Å²) in [6.07, 6.45) is -4.12. The molecule has 196 valence electrons. The zero-order valence-corrected chi connectivity index (χ0v) is 20.4. The van der Waals surface area contributed by atoms with Crippen molar-refractivity contribution in [3.05, 3.63) is 94.8 Å². The van der Waals surface area contributed by atoms with Crippen molar-refractivity contribution in [3.63, 3.8) is 0 Å². The van der Waals surface area contributed by atoms with Crippen molar-refractivity contribution in [1.29, 1.82) is 5.26 Å². The minimum atomic E-state index is -4.87. The number of hydrogen-bond donors (Lipinski definition) is 1. The van der Waals surface area contributed by atoms with E-state index in [4.69, 9.17) is 5.26 Å². The van der Waals surface area contributed by atoms with Crippen LogP contribution in [0.3, 0.4) is 0 Å². The van der Waals surface area contributed by atoms with Gasteiger partial charge in [0.1, 0.15) is 5.82 Å². The summed E-state index contributed by atoms with van der Waals surface area (Å²) in [4.78, 5) is 29.1. The smallest absolute Gasteiger partial charge is 0.355 e. The van der Waals surface area contributed by atoms with Crippen molar-refractivity contribution < 1.29 is 27.2 Å². The highest BCUT2D eigenvalue weighted by Crippen LogP contribution is 2.34. The zero-order chi connectivity index (χ0) is 27.4. The Bertz CT molecular complexity index is 1370. The molecule has 1 N–H and O–H groups in total. The minimum absolute atomic E-state index is 0.216. The van der Waals surface area contributed by atoms with Crippen LogP contribution in [0.4, 0.5) is 28.9 Å². The first-order valence-corrected chi connectivity index (χ1v) is 11.9. The van der Waals surface area contributed by atoms with Gasteiger partial charge in [-0.05, 0) is 67.4 Å². The fourth-order valence-electron chi connectivity index (χ4n) is 4.48. The largest absolute Gasteiger partial charge is 0.417 e. The highest BCUT2D eigenvalue weighted by atomic mass is 19.4. The van der Waals surface area contributed by atoms with Crippen LogP contribution in [-0.4, -0.2) is 47.8 Å². The van der Waals surface area contributed by atoms with Gasteiger partial charge in [-0.3, -0.25) is 9.59 Å². The first-order valence-electron chi connectivity index (χ1n) is 11.9. The lowest BCUT2D eigenvalue weighted by Crippen LogP contribution is -2.47. The number of nitrogens with zero attached hydrogens (tertiary/aromatic N) is 3. The molecule has 1 fully saturated rings. The molecule has 10 heteroatoms. The molecule has 1 saturated heterocycles. The Morgan fingerprint density at radius 2 is 1.66 bits per heavy atom. The second kappa shape index (κ2) is 10.9. The number of piperidine rings is 1. The number of benzene rings is 3. The molecule has 3 aromatic carbocycles. The molecule has 0 saturated carbocycles. The Kier molecular flexibility index (Phi) is 7.67. The average molecular weight is 525 g/mol. The maximum absolute atomic E-state index is 13.5. The van der Waals surface area contributed by atoms with E-state index in [2.05, 4.69) is 11.4 Å². The number of likely N-dealkylation sites (tertiary alicyclic amines) is 1. The zero-order valence-electron chi connectivity index (χ0n) is 20.4. The Hall–Kier alpha value is -4.39. The number of anilines is 2. The third kappa shape index (κ3) is 5.78. The van der Waals surface area contributed by atoms with E-state index in [9.17, 15) is 27.2 Å². The van der Waals surface area contributed by atoms with Gasteiger partial charge in [-0.2, -0.15) is 18.4 Å². The number of alkyl halides is 3. The number of nitriles is 1. The number of halogens is 4. The maximum atomic E-state index is 13.5. The van der Waals surface area contributed by atoms with Crippen molar-refractivity contribution in [2.75, 3.05) is 25.5 Å². The van der Waals surface area contributed by atoms with E-state index in [-0.39, 0.29) is 11.9 Å². The van der Waals surface area contributed by atoms with E-state index in [1.807, 2.05) is 0 Å². The summed E-state index contributed by atoms with van der Waals surface area (Å²) >= 11 is 0. The standard InChI is InChI=1S/C28H24F4N4O2/c1-35(26(37)22-11-8-19(29)16-24(22)28(30,31)32)21-12-14-36(15-13-21)27(38)23-4-2-3-5-25(23)34-20-9-6-18(17-33)7-10-20/h2-11,16,21,34H,12-15H2,1H3. The van der Waals surface area contributed by atoms with Crippen molar-refractivity contribution in [2.24, 2.45) is 0 Å². The molecule has 6 nitrogen and oxygen atoms in total. The fraction of sp³-hybridized carbons (Fsp3) is 0.250. The molecule has 0 aromatic heterocycles. The molecule has 0 spiro atoms. The monoisotopic (exact) mass is 524 g/mol. The van der Waals surface area contributed by atoms with Crippen LogP contribution in [0.2, 0.25) is 0 Å². The highest BCUT2D eigenvalue weighted by Gasteiger charge is 2.37. The summed E-state index contributed by atoms with van der Waals surface area (Å²) in [6, 6.07) is 17.5. The van der Waals surface area contributed by atoms with Crippen LogP contribution in [0.1, 0.15) is 44.7 Å². The molecule has 38 heavy (non-hydrogen) atoms.